The Kier molecular flexibility index (Phi) is 2.51. The van der Waals surface area contributed by atoms with Crippen LogP contribution in [0, 0.1) is 6.92 Å². The SMILES string of the molecule is Cc1c(C(=O)O)c(C(=O)O)nc2ccccc12. The molecule has 0 amide bonds. The molecule has 0 aliphatic carbocycles. The molecular weight excluding hydrogens is 222 g/mol. The summed E-state index contributed by atoms with van der Waals surface area (Å²) < 4.78 is 0. The molecule has 5 heteroatoms. The summed E-state index contributed by atoms with van der Waals surface area (Å²) in [5.41, 5.74) is 0.220. The van der Waals surface area contributed by atoms with E-state index in [2.05, 4.69) is 4.98 Å². The predicted molar refractivity (Wildman–Crippen MR) is 60.4 cm³/mol. The van der Waals surface area contributed by atoms with E-state index >= 15 is 0 Å². The van der Waals surface area contributed by atoms with Crippen LogP contribution >= 0.6 is 0 Å². The van der Waals surface area contributed by atoms with E-state index in [4.69, 9.17) is 10.2 Å². The highest BCUT2D eigenvalue weighted by Gasteiger charge is 2.22. The van der Waals surface area contributed by atoms with Gasteiger partial charge >= 0.3 is 11.9 Å². The third-order valence-electron chi connectivity index (χ3n) is 2.57. The number of fused-ring (bicyclic) bond motifs is 1. The zero-order chi connectivity index (χ0) is 12.6. The zero-order valence-corrected chi connectivity index (χ0v) is 8.97. The van der Waals surface area contributed by atoms with Gasteiger partial charge in [-0.2, -0.15) is 0 Å². The summed E-state index contributed by atoms with van der Waals surface area (Å²) in [5.74, 6) is -2.62. The molecule has 0 spiro atoms. The van der Waals surface area contributed by atoms with Crippen molar-refractivity contribution in [2.45, 2.75) is 6.92 Å². The molecule has 0 aliphatic rings. The maximum absolute atomic E-state index is 11.1. The number of aryl methyl sites for hydroxylation is 1. The Morgan fingerprint density at radius 1 is 1.12 bits per heavy atom. The minimum atomic E-state index is -1.34. The van der Waals surface area contributed by atoms with Crippen LogP contribution in [0.1, 0.15) is 26.4 Å². The number of pyridine rings is 1. The molecule has 2 rings (SSSR count). The number of carboxylic acids is 2. The molecule has 2 N–H and O–H groups in total. The van der Waals surface area contributed by atoms with Gasteiger partial charge in [0, 0.05) is 5.39 Å². The van der Waals surface area contributed by atoms with Crippen molar-refractivity contribution >= 4 is 22.8 Å². The number of rotatable bonds is 2. The standard InChI is InChI=1S/C12H9NO4/c1-6-7-4-2-3-5-8(7)13-10(12(16)17)9(6)11(14)15/h2-5H,1H3,(H,14,15)(H,16,17). The van der Waals surface area contributed by atoms with Gasteiger partial charge in [-0.25, -0.2) is 14.6 Å². The van der Waals surface area contributed by atoms with E-state index in [1.165, 1.54) is 0 Å². The smallest absolute Gasteiger partial charge is 0.355 e. The Bertz CT molecular complexity index is 634. The maximum atomic E-state index is 11.1. The second-order valence-corrected chi connectivity index (χ2v) is 3.59. The molecule has 0 saturated heterocycles. The van der Waals surface area contributed by atoms with Crippen LogP contribution in [-0.2, 0) is 0 Å². The number of carbonyl (C=O) groups is 2. The second kappa shape index (κ2) is 3.86. The maximum Gasteiger partial charge on any atom is 0.355 e. The van der Waals surface area contributed by atoms with Crippen molar-refractivity contribution in [2.24, 2.45) is 0 Å². The number of para-hydroxylation sites is 1. The molecular formula is C12H9NO4. The number of nitrogens with zero attached hydrogens (tertiary/aromatic N) is 1. The first-order chi connectivity index (χ1) is 8.02. The van der Waals surface area contributed by atoms with Gasteiger partial charge in [0.25, 0.3) is 0 Å². The van der Waals surface area contributed by atoms with Crippen molar-refractivity contribution in [1.82, 2.24) is 4.98 Å². The number of carboxylic acid groups (broad SMARTS) is 2. The molecule has 0 fully saturated rings. The van der Waals surface area contributed by atoms with Crippen LogP contribution in [0.4, 0.5) is 0 Å². The molecule has 0 unspecified atom stereocenters. The molecule has 17 heavy (non-hydrogen) atoms. The lowest BCUT2D eigenvalue weighted by Gasteiger charge is -2.08. The van der Waals surface area contributed by atoms with Crippen molar-refractivity contribution < 1.29 is 19.8 Å². The minimum absolute atomic E-state index is 0.254. The van der Waals surface area contributed by atoms with Gasteiger partial charge in [-0.1, -0.05) is 18.2 Å². The molecule has 1 aromatic carbocycles. The lowest BCUT2D eigenvalue weighted by atomic mass is 10.0. The Hall–Kier alpha value is -2.43. The van der Waals surface area contributed by atoms with E-state index in [9.17, 15) is 9.59 Å². The first kappa shape index (κ1) is 11.1. The summed E-state index contributed by atoms with van der Waals surface area (Å²) in [6, 6.07) is 6.85. The predicted octanol–water partition coefficient (Wildman–Crippen LogP) is 1.94. The average molecular weight is 231 g/mol. The van der Waals surface area contributed by atoms with E-state index in [1.807, 2.05) is 0 Å². The van der Waals surface area contributed by atoms with Crippen molar-refractivity contribution in [2.75, 3.05) is 0 Å². The van der Waals surface area contributed by atoms with Gasteiger partial charge in [0.1, 0.15) is 0 Å². The third kappa shape index (κ3) is 1.71. The molecule has 1 aromatic heterocycles. The molecule has 1 heterocycles. The summed E-state index contributed by atoms with van der Waals surface area (Å²) >= 11 is 0. The monoisotopic (exact) mass is 231 g/mol. The van der Waals surface area contributed by atoms with E-state index in [0.29, 0.717) is 16.5 Å². The molecule has 0 atom stereocenters. The quantitative estimate of drug-likeness (QED) is 0.824. The number of benzene rings is 1. The Morgan fingerprint density at radius 2 is 1.76 bits per heavy atom. The van der Waals surface area contributed by atoms with E-state index in [0.717, 1.165) is 0 Å². The van der Waals surface area contributed by atoms with Crippen LogP contribution in [0.25, 0.3) is 10.9 Å². The third-order valence-corrected chi connectivity index (χ3v) is 2.57. The van der Waals surface area contributed by atoms with E-state index in [-0.39, 0.29) is 5.56 Å². The van der Waals surface area contributed by atoms with E-state index < -0.39 is 17.6 Å². The molecule has 0 saturated carbocycles. The highest BCUT2D eigenvalue weighted by molar-refractivity contribution is 6.05. The lowest BCUT2D eigenvalue weighted by molar-refractivity contribution is 0.0646. The number of hydrogen-bond donors (Lipinski definition) is 2. The van der Waals surface area contributed by atoms with Gasteiger partial charge < -0.3 is 10.2 Å². The molecule has 2 aromatic rings. The van der Waals surface area contributed by atoms with Crippen LogP contribution in [0.3, 0.4) is 0 Å². The number of aromatic nitrogens is 1. The second-order valence-electron chi connectivity index (χ2n) is 3.59. The van der Waals surface area contributed by atoms with E-state index in [1.54, 1.807) is 31.2 Å². The summed E-state index contributed by atoms with van der Waals surface area (Å²) in [6.07, 6.45) is 0. The fraction of sp³-hybridized carbons (Fsp3) is 0.0833. The van der Waals surface area contributed by atoms with Gasteiger partial charge in [-0.3, -0.25) is 0 Å². The summed E-state index contributed by atoms with van der Waals surface area (Å²) in [6.45, 7) is 1.58. The fourth-order valence-electron chi connectivity index (χ4n) is 1.79. The minimum Gasteiger partial charge on any atom is -0.478 e. The summed E-state index contributed by atoms with van der Waals surface area (Å²) in [5, 5.41) is 18.7. The summed E-state index contributed by atoms with van der Waals surface area (Å²) in [4.78, 5) is 26.0. The first-order valence-electron chi connectivity index (χ1n) is 4.88. The highest BCUT2D eigenvalue weighted by atomic mass is 16.4. The fourth-order valence-corrected chi connectivity index (χ4v) is 1.79. The van der Waals surface area contributed by atoms with Crippen molar-refractivity contribution in [3.8, 4) is 0 Å². The van der Waals surface area contributed by atoms with Crippen LogP contribution in [-0.4, -0.2) is 27.1 Å². The van der Waals surface area contributed by atoms with Crippen LogP contribution in [0.5, 0.6) is 0 Å². The van der Waals surface area contributed by atoms with Crippen molar-refractivity contribution in [3.05, 3.63) is 41.1 Å². The molecule has 0 aliphatic heterocycles. The van der Waals surface area contributed by atoms with Crippen LogP contribution in [0.15, 0.2) is 24.3 Å². The summed E-state index contributed by atoms with van der Waals surface area (Å²) in [7, 11) is 0. The zero-order valence-electron chi connectivity index (χ0n) is 8.97. The largest absolute Gasteiger partial charge is 0.478 e. The number of aromatic carboxylic acids is 2. The highest BCUT2D eigenvalue weighted by Crippen LogP contribution is 2.22. The van der Waals surface area contributed by atoms with Crippen LogP contribution < -0.4 is 0 Å². The Balaban J connectivity index is 2.94. The van der Waals surface area contributed by atoms with Gasteiger partial charge in [-0.05, 0) is 18.6 Å². The Labute approximate surface area is 96.3 Å². The van der Waals surface area contributed by atoms with Crippen molar-refractivity contribution in [3.63, 3.8) is 0 Å². The number of hydrogen-bond acceptors (Lipinski definition) is 3. The van der Waals surface area contributed by atoms with Gasteiger partial charge in [0.2, 0.25) is 0 Å². The first-order valence-corrected chi connectivity index (χ1v) is 4.88. The van der Waals surface area contributed by atoms with Gasteiger partial charge in [0.15, 0.2) is 5.69 Å². The molecule has 86 valence electrons. The Morgan fingerprint density at radius 3 is 2.35 bits per heavy atom. The molecule has 0 bridgehead atoms. The van der Waals surface area contributed by atoms with Gasteiger partial charge in [-0.15, -0.1) is 0 Å². The molecule has 5 nitrogen and oxygen atoms in total. The molecule has 0 radical (unpaired) electrons. The van der Waals surface area contributed by atoms with Crippen molar-refractivity contribution in [1.29, 1.82) is 0 Å². The lowest BCUT2D eigenvalue weighted by Crippen LogP contribution is -2.13. The average Bonchev–Trinajstić information content (AvgIpc) is 2.28. The van der Waals surface area contributed by atoms with Crippen LogP contribution in [0.2, 0.25) is 0 Å². The normalized spacial score (nSPS) is 10.4. The van der Waals surface area contributed by atoms with Gasteiger partial charge in [0.05, 0.1) is 11.1 Å². The topological polar surface area (TPSA) is 87.5 Å².